The van der Waals surface area contributed by atoms with Gasteiger partial charge in [-0.15, -0.1) is 0 Å². The van der Waals surface area contributed by atoms with E-state index in [4.69, 9.17) is 33.5 Å². The molecule has 0 aliphatic rings. The topological polar surface area (TPSA) is 52.5 Å². The Morgan fingerprint density at radius 2 is 1.85 bits per heavy atom. The molecule has 0 heterocycles. The summed E-state index contributed by atoms with van der Waals surface area (Å²) < 4.78 is 0. The summed E-state index contributed by atoms with van der Waals surface area (Å²) in [6.45, 7) is -0.278. The maximum absolute atomic E-state index is 8.89. The van der Waals surface area contributed by atoms with Crippen LogP contribution in [0.1, 0.15) is 11.6 Å². The number of aliphatic hydroxyl groups is 1. The van der Waals surface area contributed by atoms with E-state index in [1.807, 2.05) is 5.48 Å². The van der Waals surface area contributed by atoms with Crippen LogP contribution in [0.25, 0.3) is 0 Å². The smallest absolute Gasteiger partial charge is 0.0828 e. The first-order valence-electron chi connectivity index (χ1n) is 3.65. The van der Waals surface area contributed by atoms with Crippen LogP contribution in [0.5, 0.6) is 0 Å². The van der Waals surface area contributed by atoms with Crippen LogP contribution < -0.4 is 5.48 Å². The molecule has 0 fully saturated rings. The van der Waals surface area contributed by atoms with Gasteiger partial charge < -0.3 is 10.3 Å². The molecule has 0 aliphatic heterocycles. The Morgan fingerprint density at radius 3 is 2.23 bits per heavy atom. The molecule has 0 unspecified atom stereocenters. The molecular formula is C8H9Cl2NO2. The fourth-order valence-corrected chi connectivity index (χ4v) is 1.70. The van der Waals surface area contributed by atoms with Crippen LogP contribution in [0.2, 0.25) is 10.0 Å². The van der Waals surface area contributed by atoms with Crippen LogP contribution >= 0.6 is 23.2 Å². The van der Waals surface area contributed by atoms with Gasteiger partial charge in [-0.05, 0) is 12.1 Å². The Bertz CT molecular complexity index is 269. The Kier molecular flexibility index (Phi) is 3.96. The average Bonchev–Trinajstić information content (AvgIpc) is 2.11. The van der Waals surface area contributed by atoms with E-state index in [0.717, 1.165) is 0 Å². The van der Waals surface area contributed by atoms with E-state index in [1.165, 1.54) is 0 Å². The highest BCUT2D eigenvalue weighted by molar-refractivity contribution is 6.36. The molecular weight excluding hydrogens is 213 g/mol. The summed E-state index contributed by atoms with van der Waals surface area (Å²) in [6, 6.07) is 4.33. The van der Waals surface area contributed by atoms with Crippen LogP contribution in [0.15, 0.2) is 18.2 Å². The Labute approximate surface area is 85.9 Å². The van der Waals surface area contributed by atoms with Gasteiger partial charge in [-0.25, -0.2) is 0 Å². The lowest BCUT2D eigenvalue weighted by atomic mass is 10.1. The van der Waals surface area contributed by atoms with Crippen molar-refractivity contribution < 1.29 is 10.3 Å². The fourth-order valence-electron chi connectivity index (χ4n) is 1.04. The normalized spacial score (nSPS) is 12.9. The number of benzene rings is 1. The molecule has 1 aromatic rings. The molecule has 0 aliphatic carbocycles. The van der Waals surface area contributed by atoms with Crippen LogP contribution in [0, 0.1) is 0 Å². The molecule has 0 aromatic heterocycles. The van der Waals surface area contributed by atoms with Crippen molar-refractivity contribution in [2.24, 2.45) is 0 Å². The summed E-state index contributed by atoms with van der Waals surface area (Å²) >= 11 is 11.7. The Hall–Kier alpha value is -0.320. The summed E-state index contributed by atoms with van der Waals surface area (Å²) in [5, 5.41) is 18.4. The summed E-state index contributed by atoms with van der Waals surface area (Å²) in [4.78, 5) is 0. The van der Waals surface area contributed by atoms with E-state index in [1.54, 1.807) is 18.2 Å². The lowest BCUT2D eigenvalue weighted by Gasteiger charge is -2.15. The molecule has 1 atom stereocenters. The minimum atomic E-state index is -0.652. The van der Waals surface area contributed by atoms with Crippen molar-refractivity contribution in [1.29, 1.82) is 0 Å². The standard InChI is InChI=1S/C8H9Cl2NO2/c9-5-2-1-3-6(10)8(5)7(4-12)11-13/h1-3,7,11-13H,4H2/t7-/m1/s1. The maximum atomic E-state index is 8.89. The second kappa shape index (κ2) is 4.79. The fraction of sp³-hybridized carbons (Fsp3) is 0.250. The van der Waals surface area contributed by atoms with Gasteiger partial charge in [0.15, 0.2) is 0 Å². The van der Waals surface area contributed by atoms with Gasteiger partial charge in [-0.2, -0.15) is 5.48 Å². The van der Waals surface area contributed by atoms with Crippen molar-refractivity contribution in [2.45, 2.75) is 6.04 Å². The first-order valence-corrected chi connectivity index (χ1v) is 4.40. The van der Waals surface area contributed by atoms with E-state index in [2.05, 4.69) is 0 Å². The summed E-state index contributed by atoms with van der Waals surface area (Å²) in [7, 11) is 0. The second-order valence-electron chi connectivity index (χ2n) is 2.50. The predicted octanol–water partition coefficient (Wildman–Crippen LogP) is 2.01. The molecule has 1 rings (SSSR count). The van der Waals surface area contributed by atoms with Gasteiger partial charge in [0, 0.05) is 15.6 Å². The molecule has 1 aromatic carbocycles. The minimum absolute atomic E-state index is 0.278. The van der Waals surface area contributed by atoms with Crippen molar-refractivity contribution in [2.75, 3.05) is 6.61 Å². The summed E-state index contributed by atoms with van der Waals surface area (Å²) in [5.74, 6) is 0. The molecule has 13 heavy (non-hydrogen) atoms. The van der Waals surface area contributed by atoms with Crippen molar-refractivity contribution in [3.63, 3.8) is 0 Å². The van der Waals surface area contributed by atoms with Crippen LogP contribution in [0.4, 0.5) is 0 Å². The predicted molar refractivity (Wildman–Crippen MR) is 51.2 cm³/mol. The van der Waals surface area contributed by atoms with Gasteiger partial charge in [0.05, 0.1) is 12.6 Å². The number of hydroxylamine groups is 1. The molecule has 0 saturated carbocycles. The van der Waals surface area contributed by atoms with E-state index in [-0.39, 0.29) is 6.61 Å². The lowest BCUT2D eigenvalue weighted by molar-refractivity contribution is 0.0907. The Balaban J connectivity index is 3.10. The number of rotatable bonds is 3. The third kappa shape index (κ3) is 2.33. The highest BCUT2D eigenvalue weighted by atomic mass is 35.5. The first-order chi connectivity index (χ1) is 6.20. The van der Waals surface area contributed by atoms with E-state index in [9.17, 15) is 0 Å². The quantitative estimate of drug-likeness (QED) is 0.685. The van der Waals surface area contributed by atoms with E-state index in [0.29, 0.717) is 15.6 Å². The van der Waals surface area contributed by atoms with Gasteiger partial charge in [0.2, 0.25) is 0 Å². The van der Waals surface area contributed by atoms with Crippen molar-refractivity contribution in [3.05, 3.63) is 33.8 Å². The van der Waals surface area contributed by atoms with Crippen LogP contribution in [-0.2, 0) is 0 Å². The number of hydrogen-bond donors (Lipinski definition) is 3. The summed E-state index contributed by atoms with van der Waals surface area (Å²) in [6.07, 6.45) is 0. The molecule has 0 bridgehead atoms. The molecule has 5 heteroatoms. The number of hydrogen-bond acceptors (Lipinski definition) is 3. The SMILES string of the molecule is OC[C@@H](NO)c1c(Cl)cccc1Cl. The maximum Gasteiger partial charge on any atom is 0.0828 e. The molecule has 0 saturated heterocycles. The highest BCUT2D eigenvalue weighted by Gasteiger charge is 2.15. The first kappa shape index (κ1) is 10.8. The van der Waals surface area contributed by atoms with Gasteiger partial charge in [0.25, 0.3) is 0 Å². The van der Waals surface area contributed by atoms with Crippen LogP contribution in [0.3, 0.4) is 0 Å². The molecule has 0 amide bonds. The summed E-state index contributed by atoms with van der Waals surface area (Å²) in [5.41, 5.74) is 2.43. The third-order valence-electron chi connectivity index (χ3n) is 1.69. The molecule has 0 radical (unpaired) electrons. The average molecular weight is 222 g/mol. The van der Waals surface area contributed by atoms with E-state index >= 15 is 0 Å². The zero-order valence-electron chi connectivity index (χ0n) is 6.67. The van der Waals surface area contributed by atoms with Crippen molar-refractivity contribution in [1.82, 2.24) is 5.48 Å². The number of aliphatic hydroxyl groups excluding tert-OH is 1. The van der Waals surface area contributed by atoms with Crippen LogP contribution in [-0.4, -0.2) is 16.9 Å². The highest BCUT2D eigenvalue weighted by Crippen LogP contribution is 2.29. The van der Waals surface area contributed by atoms with E-state index < -0.39 is 6.04 Å². The Morgan fingerprint density at radius 1 is 1.31 bits per heavy atom. The zero-order chi connectivity index (χ0) is 9.84. The molecule has 3 N–H and O–H groups in total. The lowest BCUT2D eigenvalue weighted by Crippen LogP contribution is -2.21. The third-order valence-corrected chi connectivity index (χ3v) is 2.35. The van der Waals surface area contributed by atoms with Gasteiger partial charge in [-0.1, -0.05) is 29.3 Å². The molecule has 3 nitrogen and oxygen atoms in total. The van der Waals surface area contributed by atoms with Gasteiger partial charge in [-0.3, -0.25) is 0 Å². The molecule has 0 spiro atoms. The molecule has 72 valence electrons. The van der Waals surface area contributed by atoms with Gasteiger partial charge >= 0.3 is 0 Å². The number of nitrogens with one attached hydrogen (secondary N) is 1. The largest absolute Gasteiger partial charge is 0.394 e. The van der Waals surface area contributed by atoms with Crippen molar-refractivity contribution >= 4 is 23.2 Å². The minimum Gasteiger partial charge on any atom is -0.394 e. The van der Waals surface area contributed by atoms with Crippen molar-refractivity contribution in [3.8, 4) is 0 Å². The monoisotopic (exact) mass is 221 g/mol. The second-order valence-corrected chi connectivity index (χ2v) is 3.31. The zero-order valence-corrected chi connectivity index (χ0v) is 8.18. The number of halogens is 2. The van der Waals surface area contributed by atoms with Gasteiger partial charge in [0.1, 0.15) is 0 Å².